The van der Waals surface area contributed by atoms with Gasteiger partial charge < -0.3 is 0 Å². The normalized spacial score (nSPS) is 12.5. The smallest absolute Gasteiger partial charge is 0.126 e. The summed E-state index contributed by atoms with van der Waals surface area (Å²) in [4.78, 5) is 0. The quantitative estimate of drug-likeness (QED) is 0.362. The van der Waals surface area contributed by atoms with Crippen LogP contribution >= 0.6 is 0 Å². The van der Waals surface area contributed by atoms with Gasteiger partial charge in [0.15, 0.2) is 0 Å². The predicted octanol–water partition coefficient (Wildman–Crippen LogP) is 4.63. The van der Waals surface area contributed by atoms with Gasteiger partial charge in [-0.3, -0.25) is 0 Å². The lowest BCUT2D eigenvalue weighted by Gasteiger charge is -2.31. The fraction of sp³-hybridized carbons (Fsp3) is 0.643. The maximum absolute atomic E-state index is 3.78. The zero-order chi connectivity index (χ0) is 13.2. The molecule has 0 aliphatic carbocycles. The minimum atomic E-state index is -1.49. The summed E-state index contributed by atoms with van der Waals surface area (Å²) in [6.45, 7) is 22.2. The van der Waals surface area contributed by atoms with Crippen LogP contribution in [0.1, 0.15) is 20.8 Å². The first kappa shape index (κ1) is 15.5. The molecule has 0 N–H and O–H groups in total. The molecule has 0 saturated carbocycles. The molecule has 0 fully saturated rings. The van der Waals surface area contributed by atoms with Gasteiger partial charge in [0.25, 0.3) is 0 Å². The van der Waals surface area contributed by atoms with Crippen LogP contribution in [0.3, 0.4) is 0 Å². The van der Waals surface area contributed by atoms with E-state index in [4.69, 9.17) is 0 Å². The molecule has 0 aromatic carbocycles. The average molecular weight is 251 g/mol. The summed E-state index contributed by atoms with van der Waals surface area (Å²) in [5, 5.41) is 1.49. The maximum Gasteiger partial charge on any atom is 0.138 e. The number of rotatable bonds is 1. The van der Waals surface area contributed by atoms with Crippen LogP contribution < -0.4 is 0 Å². The molecule has 0 aliphatic heterocycles. The molecule has 0 saturated heterocycles. The first-order chi connectivity index (χ1) is 6.92. The Morgan fingerprint density at radius 3 is 1.69 bits per heavy atom. The molecule has 0 aromatic heterocycles. The molecule has 16 heavy (non-hydrogen) atoms. The first-order valence-electron chi connectivity index (χ1n) is 5.85. The summed E-state index contributed by atoms with van der Waals surface area (Å²) in [6.07, 6.45) is 0. The van der Waals surface area contributed by atoms with E-state index >= 15 is 0 Å². The van der Waals surface area contributed by atoms with Gasteiger partial charge in [-0.05, 0) is 5.04 Å². The molecule has 90 valence electrons. The van der Waals surface area contributed by atoms with Crippen LogP contribution in [0.4, 0.5) is 0 Å². The maximum atomic E-state index is 3.78. The summed E-state index contributed by atoms with van der Waals surface area (Å²) in [7, 11) is -2.84. The molecule has 0 bridgehead atoms. The van der Waals surface area contributed by atoms with Gasteiger partial charge in [0, 0.05) is 5.20 Å². The van der Waals surface area contributed by atoms with E-state index in [0.717, 1.165) is 5.20 Å². The van der Waals surface area contributed by atoms with E-state index in [-0.39, 0.29) is 0 Å². The third-order valence-electron chi connectivity index (χ3n) is 3.30. The monoisotopic (exact) mass is 250 g/mol. The Balaban J connectivity index is 5.24. The SMILES string of the molecule is C=C=C(C#C[Si](C)(C)C(C)(C)C)[Si](C)(C)C. The summed E-state index contributed by atoms with van der Waals surface area (Å²) in [5.41, 5.74) is 6.58. The lowest BCUT2D eigenvalue weighted by atomic mass is 10.2. The van der Waals surface area contributed by atoms with Crippen molar-refractivity contribution in [1.29, 1.82) is 0 Å². The lowest BCUT2D eigenvalue weighted by Crippen LogP contribution is -2.36. The Hall–Kier alpha value is -0.486. The second kappa shape index (κ2) is 4.79. The predicted molar refractivity (Wildman–Crippen MR) is 81.0 cm³/mol. The van der Waals surface area contributed by atoms with Gasteiger partial charge in [-0.2, -0.15) is 0 Å². The highest BCUT2D eigenvalue weighted by Crippen LogP contribution is 2.35. The van der Waals surface area contributed by atoms with E-state index in [9.17, 15) is 0 Å². The van der Waals surface area contributed by atoms with Crippen molar-refractivity contribution in [3.05, 3.63) is 17.5 Å². The van der Waals surface area contributed by atoms with Crippen molar-refractivity contribution >= 4 is 16.1 Å². The van der Waals surface area contributed by atoms with E-state index in [2.05, 4.69) is 77.3 Å². The van der Waals surface area contributed by atoms with Crippen molar-refractivity contribution in [2.45, 2.75) is 58.5 Å². The zero-order valence-corrected chi connectivity index (χ0v) is 14.2. The molecule has 0 atom stereocenters. The van der Waals surface area contributed by atoms with Crippen molar-refractivity contribution in [3.8, 4) is 11.5 Å². The van der Waals surface area contributed by atoms with Crippen LogP contribution in [-0.2, 0) is 0 Å². The van der Waals surface area contributed by atoms with Crippen LogP contribution in [0.5, 0.6) is 0 Å². The largest absolute Gasteiger partial charge is 0.138 e. The Labute approximate surface area is 104 Å². The lowest BCUT2D eigenvalue weighted by molar-refractivity contribution is 0.731. The van der Waals surface area contributed by atoms with Crippen LogP contribution in [-0.4, -0.2) is 16.1 Å². The van der Waals surface area contributed by atoms with Crippen LogP contribution in [0.25, 0.3) is 0 Å². The van der Waals surface area contributed by atoms with E-state index in [0.29, 0.717) is 5.04 Å². The highest BCUT2D eigenvalue weighted by Gasteiger charge is 2.33. The summed E-state index contributed by atoms with van der Waals surface area (Å²) < 4.78 is 0. The van der Waals surface area contributed by atoms with Crippen LogP contribution in [0, 0.1) is 11.5 Å². The zero-order valence-electron chi connectivity index (χ0n) is 12.2. The minimum Gasteiger partial charge on any atom is -0.126 e. The standard InChI is InChI=1S/C14H26Si2/c1-10-13(15(5,6)7)11-12-16(8,9)14(2,3)4/h1H2,2-9H3. The van der Waals surface area contributed by atoms with Gasteiger partial charge in [0.05, 0.1) is 8.07 Å². The Morgan fingerprint density at radius 1 is 1.00 bits per heavy atom. The molecule has 0 aliphatic rings. The topological polar surface area (TPSA) is 0 Å². The van der Waals surface area contributed by atoms with E-state index < -0.39 is 16.1 Å². The van der Waals surface area contributed by atoms with Crippen molar-refractivity contribution in [3.63, 3.8) is 0 Å². The molecular weight excluding hydrogens is 224 g/mol. The molecule has 0 radical (unpaired) electrons. The van der Waals surface area contributed by atoms with Gasteiger partial charge in [0.2, 0.25) is 0 Å². The molecule has 0 nitrogen and oxygen atoms in total. The number of hydrogen-bond acceptors (Lipinski definition) is 0. The van der Waals surface area contributed by atoms with Gasteiger partial charge in [-0.15, -0.1) is 11.3 Å². The van der Waals surface area contributed by atoms with E-state index in [1.807, 2.05) is 0 Å². The molecule has 0 spiro atoms. The molecule has 0 unspecified atom stereocenters. The molecule has 0 rings (SSSR count). The summed E-state index contributed by atoms with van der Waals surface area (Å²) in [6, 6.07) is 0. The molecule has 0 heterocycles. The van der Waals surface area contributed by atoms with Gasteiger partial charge in [-0.1, -0.05) is 66.0 Å². The highest BCUT2D eigenvalue weighted by molar-refractivity contribution is 6.88. The first-order valence-corrected chi connectivity index (χ1v) is 12.4. The summed E-state index contributed by atoms with van der Waals surface area (Å²) in [5.74, 6) is 3.37. The number of hydrogen-bond donors (Lipinski definition) is 0. The molecule has 0 amide bonds. The van der Waals surface area contributed by atoms with Gasteiger partial charge in [0.1, 0.15) is 8.07 Å². The number of allylic oxidation sites excluding steroid dienone is 1. The van der Waals surface area contributed by atoms with Crippen LogP contribution in [0.2, 0.25) is 37.8 Å². The fourth-order valence-corrected chi connectivity index (χ4v) is 2.81. The third-order valence-corrected chi connectivity index (χ3v) is 9.60. The van der Waals surface area contributed by atoms with Crippen molar-refractivity contribution in [2.24, 2.45) is 0 Å². The van der Waals surface area contributed by atoms with E-state index in [1.165, 1.54) is 0 Å². The Bertz CT molecular complexity index is 358. The second-order valence-corrected chi connectivity index (χ2v) is 16.9. The summed E-state index contributed by atoms with van der Waals surface area (Å²) >= 11 is 0. The van der Waals surface area contributed by atoms with Crippen molar-refractivity contribution in [1.82, 2.24) is 0 Å². The van der Waals surface area contributed by atoms with Crippen LogP contribution in [0.15, 0.2) is 17.5 Å². The molecule has 2 heteroatoms. The van der Waals surface area contributed by atoms with Crippen molar-refractivity contribution in [2.75, 3.05) is 0 Å². The Morgan fingerprint density at radius 2 is 1.44 bits per heavy atom. The second-order valence-electron chi connectivity index (χ2n) is 6.93. The third kappa shape index (κ3) is 4.17. The fourth-order valence-electron chi connectivity index (χ4n) is 0.903. The van der Waals surface area contributed by atoms with Gasteiger partial charge >= 0.3 is 0 Å². The average Bonchev–Trinajstić information content (AvgIpc) is 2.00. The van der Waals surface area contributed by atoms with Crippen molar-refractivity contribution < 1.29 is 0 Å². The molecular formula is C14H26Si2. The minimum absolute atomic E-state index is 0.325. The molecule has 0 aromatic rings. The van der Waals surface area contributed by atoms with E-state index in [1.54, 1.807) is 0 Å². The Kier molecular flexibility index (Phi) is 4.65. The van der Waals surface area contributed by atoms with Gasteiger partial charge in [-0.25, -0.2) is 0 Å². The highest BCUT2D eigenvalue weighted by atomic mass is 28.3.